The van der Waals surface area contributed by atoms with Crippen LogP contribution in [-0.4, -0.2) is 51.8 Å². The second-order valence-electron chi connectivity index (χ2n) is 5.43. The molecule has 2 heterocycles. The molecule has 0 aromatic carbocycles. The van der Waals surface area contributed by atoms with Gasteiger partial charge < -0.3 is 10.2 Å². The van der Waals surface area contributed by atoms with Gasteiger partial charge in [-0.15, -0.1) is 0 Å². The summed E-state index contributed by atoms with van der Waals surface area (Å²) in [6.45, 7) is 0.715. The fourth-order valence-electron chi connectivity index (χ4n) is 2.41. The number of nitrogens with zero attached hydrogens (tertiary/aromatic N) is 3. The molecule has 9 heteroatoms. The van der Waals surface area contributed by atoms with Gasteiger partial charge in [0.15, 0.2) is 0 Å². The minimum absolute atomic E-state index is 0.184. The predicted molar refractivity (Wildman–Crippen MR) is 70.6 cm³/mol. The van der Waals surface area contributed by atoms with E-state index in [1.165, 1.54) is 0 Å². The van der Waals surface area contributed by atoms with E-state index in [2.05, 4.69) is 10.4 Å². The van der Waals surface area contributed by atoms with E-state index in [1.807, 2.05) is 0 Å². The molecule has 1 N–H and O–H groups in total. The number of alkyl halides is 3. The Kier molecular flexibility index (Phi) is 4.72. The molecule has 0 bridgehead atoms. The highest BCUT2D eigenvalue weighted by atomic mass is 19.4. The highest BCUT2D eigenvalue weighted by Crippen LogP contribution is 2.24. The summed E-state index contributed by atoms with van der Waals surface area (Å²) in [6, 6.07) is 1.51. The van der Waals surface area contributed by atoms with Crippen LogP contribution in [0.2, 0.25) is 0 Å². The third-order valence-electron chi connectivity index (χ3n) is 3.36. The molecule has 2 rings (SSSR count). The highest BCUT2D eigenvalue weighted by molar-refractivity contribution is 5.89. The van der Waals surface area contributed by atoms with Crippen LogP contribution < -0.4 is 5.32 Å². The van der Waals surface area contributed by atoms with Crippen molar-refractivity contribution in [2.24, 2.45) is 5.92 Å². The molecule has 1 aliphatic heterocycles. The fraction of sp³-hybridized carbons (Fsp3) is 0.615. The molecule has 0 spiro atoms. The van der Waals surface area contributed by atoms with Gasteiger partial charge in [-0.2, -0.15) is 18.3 Å². The lowest BCUT2D eigenvalue weighted by atomic mass is 10.1. The number of amides is 2. The van der Waals surface area contributed by atoms with Gasteiger partial charge in [-0.3, -0.25) is 14.3 Å². The largest absolute Gasteiger partial charge is 0.406 e. The molecule has 6 nitrogen and oxygen atoms in total. The molecule has 2 atom stereocenters. The van der Waals surface area contributed by atoms with Crippen molar-refractivity contribution in [3.05, 3.63) is 18.5 Å². The van der Waals surface area contributed by atoms with Crippen molar-refractivity contribution in [3.8, 4) is 0 Å². The van der Waals surface area contributed by atoms with Crippen molar-refractivity contribution in [1.29, 1.82) is 0 Å². The van der Waals surface area contributed by atoms with Crippen LogP contribution in [0.25, 0.3) is 0 Å². The summed E-state index contributed by atoms with van der Waals surface area (Å²) in [5, 5.41) is 6.71. The van der Waals surface area contributed by atoms with Crippen molar-refractivity contribution in [3.63, 3.8) is 0 Å². The summed E-state index contributed by atoms with van der Waals surface area (Å²) in [6.07, 6.45) is -1.28. The second kappa shape index (κ2) is 6.37. The van der Waals surface area contributed by atoms with Crippen molar-refractivity contribution >= 4 is 11.8 Å². The van der Waals surface area contributed by atoms with Gasteiger partial charge in [0.2, 0.25) is 11.8 Å². The minimum Gasteiger partial charge on any atom is -0.351 e. The van der Waals surface area contributed by atoms with E-state index in [4.69, 9.17) is 0 Å². The molecule has 0 unspecified atom stereocenters. The topological polar surface area (TPSA) is 67.2 Å². The van der Waals surface area contributed by atoms with E-state index in [9.17, 15) is 22.8 Å². The van der Waals surface area contributed by atoms with Crippen molar-refractivity contribution in [2.75, 3.05) is 13.1 Å². The van der Waals surface area contributed by atoms with Crippen LogP contribution in [-0.2, 0) is 16.1 Å². The molecule has 1 aromatic heterocycles. The van der Waals surface area contributed by atoms with Crippen LogP contribution >= 0.6 is 0 Å². The first kappa shape index (κ1) is 16.3. The van der Waals surface area contributed by atoms with Crippen molar-refractivity contribution in [1.82, 2.24) is 20.0 Å². The molecule has 1 aromatic rings. The lowest BCUT2D eigenvalue weighted by molar-refractivity contribution is -0.157. The van der Waals surface area contributed by atoms with E-state index >= 15 is 0 Å². The Balaban J connectivity index is 1.84. The van der Waals surface area contributed by atoms with Gasteiger partial charge in [-0.1, -0.05) is 0 Å². The number of carbonyl (C=O) groups excluding carboxylic acids is 2. The highest BCUT2D eigenvalue weighted by Gasteiger charge is 2.40. The molecular weight excluding hydrogens is 301 g/mol. The van der Waals surface area contributed by atoms with Gasteiger partial charge in [-0.25, -0.2) is 0 Å². The Hall–Kier alpha value is -2.06. The summed E-state index contributed by atoms with van der Waals surface area (Å²) in [4.78, 5) is 24.3. The molecule has 1 saturated heterocycles. The molecule has 22 heavy (non-hydrogen) atoms. The third-order valence-corrected chi connectivity index (χ3v) is 3.36. The standard InChI is InChI=1S/C13H17F3N4O2/c1-9(6-20-4-2-3-17-20)18-12(22)10-5-11(21)19(7-10)8-13(14,15)16/h2-4,9-10H,5-8H2,1H3,(H,18,22)/t9-,10-/m0/s1. The summed E-state index contributed by atoms with van der Waals surface area (Å²) >= 11 is 0. The normalized spacial score (nSPS) is 20.3. The molecule has 0 radical (unpaired) electrons. The van der Waals surface area contributed by atoms with Gasteiger partial charge in [0, 0.05) is 31.4 Å². The number of carbonyl (C=O) groups is 2. The number of hydrogen-bond donors (Lipinski definition) is 1. The first-order valence-corrected chi connectivity index (χ1v) is 6.87. The van der Waals surface area contributed by atoms with E-state index in [0.29, 0.717) is 11.4 Å². The number of rotatable bonds is 5. The maximum absolute atomic E-state index is 12.3. The summed E-state index contributed by atoms with van der Waals surface area (Å²) in [7, 11) is 0. The smallest absolute Gasteiger partial charge is 0.351 e. The number of aromatic nitrogens is 2. The molecular formula is C13H17F3N4O2. The van der Waals surface area contributed by atoms with E-state index in [1.54, 1.807) is 30.1 Å². The van der Waals surface area contributed by atoms with Crippen LogP contribution in [0, 0.1) is 5.92 Å². The molecule has 0 aliphatic carbocycles. The number of halogens is 3. The molecule has 2 amide bonds. The third kappa shape index (κ3) is 4.47. The first-order valence-electron chi connectivity index (χ1n) is 6.87. The van der Waals surface area contributed by atoms with E-state index < -0.39 is 30.5 Å². The van der Waals surface area contributed by atoms with Gasteiger partial charge >= 0.3 is 6.18 Å². The Morgan fingerprint density at radius 2 is 2.27 bits per heavy atom. The van der Waals surface area contributed by atoms with Crippen LogP contribution in [0.3, 0.4) is 0 Å². The lowest BCUT2D eigenvalue weighted by Gasteiger charge is -2.19. The van der Waals surface area contributed by atoms with Crippen molar-refractivity contribution < 1.29 is 22.8 Å². The Morgan fingerprint density at radius 1 is 1.55 bits per heavy atom. The van der Waals surface area contributed by atoms with Crippen LogP contribution in [0.1, 0.15) is 13.3 Å². The molecule has 0 saturated carbocycles. The van der Waals surface area contributed by atoms with Gasteiger partial charge in [0.25, 0.3) is 0 Å². The van der Waals surface area contributed by atoms with E-state index in [-0.39, 0.29) is 19.0 Å². The van der Waals surface area contributed by atoms with Gasteiger partial charge in [0.1, 0.15) is 6.54 Å². The predicted octanol–water partition coefficient (Wildman–Crippen LogP) is 0.799. The Morgan fingerprint density at radius 3 is 2.86 bits per heavy atom. The lowest BCUT2D eigenvalue weighted by Crippen LogP contribution is -2.41. The minimum atomic E-state index is -4.45. The summed E-state index contributed by atoms with van der Waals surface area (Å²) in [5.74, 6) is -1.79. The maximum Gasteiger partial charge on any atom is 0.406 e. The number of likely N-dealkylation sites (tertiary alicyclic amines) is 1. The maximum atomic E-state index is 12.3. The number of nitrogens with one attached hydrogen (secondary N) is 1. The zero-order valence-corrected chi connectivity index (χ0v) is 12.0. The second-order valence-corrected chi connectivity index (χ2v) is 5.43. The summed E-state index contributed by atoms with van der Waals surface area (Å²) in [5.41, 5.74) is 0. The molecule has 1 fully saturated rings. The zero-order chi connectivity index (χ0) is 16.3. The van der Waals surface area contributed by atoms with Gasteiger partial charge in [0.05, 0.1) is 12.5 Å². The first-order chi connectivity index (χ1) is 10.2. The zero-order valence-electron chi connectivity index (χ0n) is 12.0. The summed E-state index contributed by atoms with van der Waals surface area (Å²) < 4.78 is 38.6. The average molecular weight is 318 g/mol. The molecule has 122 valence electrons. The Bertz CT molecular complexity index is 530. The van der Waals surface area contributed by atoms with Crippen LogP contribution in [0.15, 0.2) is 18.5 Å². The van der Waals surface area contributed by atoms with E-state index in [0.717, 1.165) is 0 Å². The fourth-order valence-corrected chi connectivity index (χ4v) is 2.41. The Labute approximate surface area is 125 Å². The number of hydrogen-bond acceptors (Lipinski definition) is 3. The monoisotopic (exact) mass is 318 g/mol. The molecule has 1 aliphatic rings. The van der Waals surface area contributed by atoms with Gasteiger partial charge in [-0.05, 0) is 13.0 Å². The SMILES string of the molecule is C[C@@H](Cn1cccn1)NC(=O)[C@H]1CC(=O)N(CC(F)(F)F)C1. The quantitative estimate of drug-likeness (QED) is 0.873. The van der Waals surface area contributed by atoms with Crippen molar-refractivity contribution in [2.45, 2.75) is 32.1 Å². The van der Waals surface area contributed by atoms with Crippen LogP contribution in [0.5, 0.6) is 0 Å². The average Bonchev–Trinajstić information content (AvgIpc) is 2.98. The van der Waals surface area contributed by atoms with Crippen LogP contribution in [0.4, 0.5) is 13.2 Å².